The fourth-order valence-electron chi connectivity index (χ4n) is 6.62. The van der Waals surface area contributed by atoms with Gasteiger partial charge in [-0.3, -0.25) is 19.1 Å². The number of aldehydes is 2. The van der Waals surface area contributed by atoms with Gasteiger partial charge in [-0.2, -0.15) is 0 Å². The number of carbonyl (C=O) groups excluding carboxylic acids is 2. The van der Waals surface area contributed by atoms with E-state index in [-0.39, 0.29) is 11.3 Å². The molecule has 254 valence electrons. The van der Waals surface area contributed by atoms with E-state index in [1.165, 1.54) is 43.3 Å². The summed E-state index contributed by atoms with van der Waals surface area (Å²) in [4.78, 5) is 39.8. The molecule has 50 heavy (non-hydrogen) atoms. The van der Waals surface area contributed by atoms with Crippen LogP contribution in [-0.4, -0.2) is 79.2 Å². The van der Waals surface area contributed by atoms with Crippen LogP contribution in [0.3, 0.4) is 0 Å². The van der Waals surface area contributed by atoms with Crippen LogP contribution >= 0.6 is 0 Å². The summed E-state index contributed by atoms with van der Waals surface area (Å²) < 4.78 is 2.10. The third-order valence-corrected chi connectivity index (χ3v) is 9.05. The minimum Gasteiger partial charge on any atom is -0.507 e. The standard InChI is InChI=1S/C30H29N7.C8H6O3.C2H6/c1-35-18-23-16-24(19-35)36(23)17-20-9-11-22(12-10-20)37-29(25-8-5-15-32-28(25)31)34-27-14-13-26(33-30(27)37)21-6-3-2-4-7-21;9-4-6-1-2-8(11)7(3-6)5-10;1-2/h2-15,23-24H,16-19H2,1H3,(H2,31,32);1-5,11H;1-2H3. The van der Waals surface area contributed by atoms with Crippen molar-refractivity contribution in [3.05, 3.63) is 120 Å². The fraction of sp³-hybridized carbons (Fsp3) is 0.225. The molecule has 3 aromatic heterocycles. The highest BCUT2D eigenvalue weighted by Crippen LogP contribution is 2.34. The average Bonchev–Trinajstić information content (AvgIpc) is 3.54. The number of rotatable bonds is 7. The number of aromatic hydroxyl groups is 1. The number of piperazine rings is 1. The Morgan fingerprint density at radius 1 is 0.860 bits per heavy atom. The molecule has 0 aliphatic carbocycles. The lowest BCUT2D eigenvalue weighted by atomic mass is 9.87. The van der Waals surface area contributed by atoms with Crippen molar-refractivity contribution < 1.29 is 14.7 Å². The van der Waals surface area contributed by atoms with E-state index in [1.54, 1.807) is 6.20 Å². The van der Waals surface area contributed by atoms with E-state index in [4.69, 9.17) is 20.8 Å². The first kappa shape index (κ1) is 34.2. The highest BCUT2D eigenvalue weighted by molar-refractivity contribution is 5.85. The second kappa shape index (κ2) is 15.2. The number of imidazole rings is 1. The quantitative estimate of drug-likeness (QED) is 0.179. The SMILES string of the molecule is CC.CN1CC2CC(C1)N2Cc1ccc(-n2c(-c3cccnc3N)nc3ccc(-c4ccccc4)nc32)cc1.O=Cc1ccc(O)c(C=O)c1. The van der Waals surface area contributed by atoms with E-state index >= 15 is 0 Å². The summed E-state index contributed by atoms with van der Waals surface area (Å²) in [7, 11) is 2.23. The molecule has 6 aromatic rings. The third kappa shape index (κ3) is 7.03. The van der Waals surface area contributed by atoms with Crippen LogP contribution in [0.25, 0.3) is 39.5 Å². The zero-order valence-corrected chi connectivity index (χ0v) is 28.5. The molecule has 2 bridgehead atoms. The number of phenolic OH excluding ortho intramolecular Hbond substituents is 1. The molecule has 3 aliphatic heterocycles. The van der Waals surface area contributed by atoms with Gasteiger partial charge in [-0.1, -0.05) is 56.3 Å². The number of likely N-dealkylation sites (N-methyl/N-ethyl adjacent to an activating group) is 1. The topological polar surface area (TPSA) is 130 Å². The van der Waals surface area contributed by atoms with Crippen LogP contribution < -0.4 is 5.73 Å². The Labute approximate surface area is 291 Å². The molecule has 2 unspecified atom stereocenters. The smallest absolute Gasteiger partial charge is 0.165 e. The molecule has 9 rings (SSSR count). The molecular weight excluding hydrogens is 626 g/mol. The fourth-order valence-corrected chi connectivity index (χ4v) is 6.62. The molecule has 0 amide bonds. The molecule has 0 saturated carbocycles. The van der Waals surface area contributed by atoms with Crippen molar-refractivity contribution in [2.75, 3.05) is 25.9 Å². The molecule has 6 heterocycles. The highest BCUT2D eigenvalue weighted by Gasteiger charge is 2.43. The summed E-state index contributed by atoms with van der Waals surface area (Å²) in [5, 5.41) is 8.98. The van der Waals surface area contributed by atoms with Gasteiger partial charge in [-0.15, -0.1) is 0 Å². The molecule has 3 aliphatic rings. The van der Waals surface area contributed by atoms with Gasteiger partial charge in [0.25, 0.3) is 0 Å². The van der Waals surface area contributed by atoms with Crippen LogP contribution in [0.15, 0.2) is 103 Å². The maximum atomic E-state index is 10.2. The van der Waals surface area contributed by atoms with Gasteiger partial charge in [0.15, 0.2) is 17.8 Å². The van der Waals surface area contributed by atoms with E-state index in [2.05, 4.69) is 62.8 Å². The maximum Gasteiger partial charge on any atom is 0.165 e. The van der Waals surface area contributed by atoms with Crippen molar-refractivity contribution in [1.82, 2.24) is 29.3 Å². The van der Waals surface area contributed by atoms with Gasteiger partial charge in [0.1, 0.15) is 23.4 Å². The summed E-state index contributed by atoms with van der Waals surface area (Å²) in [5.74, 6) is 1.09. The van der Waals surface area contributed by atoms with Crippen molar-refractivity contribution in [3.8, 4) is 34.1 Å². The van der Waals surface area contributed by atoms with Crippen LogP contribution in [-0.2, 0) is 6.54 Å². The Balaban J connectivity index is 0.000000284. The average molecular weight is 668 g/mol. The zero-order chi connectivity index (χ0) is 35.2. The van der Waals surface area contributed by atoms with Gasteiger partial charge < -0.3 is 15.7 Å². The Bertz CT molecular complexity index is 2080. The van der Waals surface area contributed by atoms with Crippen molar-refractivity contribution >= 4 is 29.6 Å². The zero-order valence-electron chi connectivity index (χ0n) is 28.5. The number of phenols is 1. The molecule has 2 atom stereocenters. The lowest BCUT2D eigenvalue weighted by Gasteiger charge is -2.56. The second-order valence-electron chi connectivity index (χ2n) is 12.3. The van der Waals surface area contributed by atoms with Crippen molar-refractivity contribution in [2.45, 2.75) is 38.9 Å². The van der Waals surface area contributed by atoms with Crippen LogP contribution in [0.5, 0.6) is 5.75 Å². The Morgan fingerprint density at radius 2 is 1.60 bits per heavy atom. The first-order chi connectivity index (χ1) is 24.4. The van der Waals surface area contributed by atoms with E-state index in [1.807, 2.05) is 56.3 Å². The monoisotopic (exact) mass is 667 g/mol. The number of anilines is 1. The van der Waals surface area contributed by atoms with Crippen molar-refractivity contribution in [1.29, 1.82) is 0 Å². The molecule has 3 fully saturated rings. The summed E-state index contributed by atoms with van der Waals surface area (Å²) in [6.07, 6.45) is 4.15. The van der Waals surface area contributed by atoms with E-state index in [0.717, 1.165) is 46.0 Å². The molecule has 0 radical (unpaired) electrons. The molecule has 10 nitrogen and oxygen atoms in total. The summed E-state index contributed by atoms with van der Waals surface area (Å²) >= 11 is 0. The van der Waals surface area contributed by atoms with Gasteiger partial charge in [-0.25, -0.2) is 15.0 Å². The van der Waals surface area contributed by atoms with E-state index < -0.39 is 0 Å². The van der Waals surface area contributed by atoms with E-state index in [9.17, 15) is 9.59 Å². The van der Waals surface area contributed by atoms with Gasteiger partial charge >= 0.3 is 0 Å². The van der Waals surface area contributed by atoms with Crippen LogP contribution in [0.1, 0.15) is 46.5 Å². The minimum atomic E-state index is -0.106. The number of nitrogen functional groups attached to an aromatic ring is 1. The van der Waals surface area contributed by atoms with Gasteiger partial charge in [0.05, 0.1) is 16.8 Å². The first-order valence-corrected chi connectivity index (χ1v) is 16.8. The molecule has 3 saturated heterocycles. The van der Waals surface area contributed by atoms with Gasteiger partial charge in [-0.05, 0) is 73.6 Å². The Hall–Kier alpha value is -5.71. The molecule has 3 N–H and O–H groups in total. The number of nitrogens with zero attached hydrogens (tertiary/aromatic N) is 6. The molecule has 0 spiro atoms. The van der Waals surface area contributed by atoms with E-state index in [0.29, 0.717) is 36.0 Å². The summed E-state index contributed by atoms with van der Waals surface area (Å²) in [5.41, 5.74) is 13.5. The third-order valence-electron chi connectivity index (χ3n) is 9.05. The van der Waals surface area contributed by atoms with Crippen LogP contribution in [0.4, 0.5) is 5.82 Å². The normalized spacial score (nSPS) is 16.7. The predicted molar refractivity (Wildman–Crippen MR) is 197 cm³/mol. The predicted octanol–water partition coefficient (Wildman–Crippen LogP) is 6.66. The number of carbonyl (C=O) groups is 2. The second-order valence-corrected chi connectivity index (χ2v) is 12.3. The molecule has 3 aromatic carbocycles. The number of benzene rings is 3. The van der Waals surface area contributed by atoms with Crippen molar-refractivity contribution in [3.63, 3.8) is 0 Å². The van der Waals surface area contributed by atoms with Crippen molar-refractivity contribution in [2.24, 2.45) is 0 Å². The van der Waals surface area contributed by atoms with Gasteiger partial charge in [0.2, 0.25) is 0 Å². The molecule has 10 heteroatoms. The number of fused-ring (bicyclic) bond motifs is 3. The number of piperidine rings is 1. The summed E-state index contributed by atoms with van der Waals surface area (Å²) in [6.45, 7) is 7.33. The number of pyridine rings is 2. The summed E-state index contributed by atoms with van der Waals surface area (Å²) in [6, 6.07) is 32.4. The first-order valence-electron chi connectivity index (χ1n) is 16.8. The lowest BCUT2D eigenvalue weighted by molar-refractivity contribution is -0.0668. The minimum absolute atomic E-state index is 0.106. The number of aromatic nitrogens is 4. The number of hydrogen-bond acceptors (Lipinski definition) is 9. The highest BCUT2D eigenvalue weighted by atomic mass is 16.3. The van der Waals surface area contributed by atoms with Crippen LogP contribution in [0, 0.1) is 0 Å². The molecular formula is C40H41N7O3. The Morgan fingerprint density at radius 3 is 2.28 bits per heavy atom. The number of hydrogen-bond donors (Lipinski definition) is 2. The maximum absolute atomic E-state index is 10.2. The lowest BCUT2D eigenvalue weighted by Crippen LogP contribution is -2.67. The van der Waals surface area contributed by atoms with Crippen LogP contribution in [0.2, 0.25) is 0 Å². The van der Waals surface area contributed by atoms with Gasteiger partial charge in [0, 0.05) is 54.7 Å². The largest absolute Gasteiger partial charge is 0.507 e. The number of nitrogens with two attached hydrogens (primary N) is 1. The Kier molecular flexibility index (Phi) is 10.4.